The van der Waals surface area contributed by atoms with Crippen LogP contribution in [0.2, 0.25) is 0 Å². The lowest BCUT2D eigenvalue weighted by atomic mass is 10.0. The number of ether oxygens (including phenoxy) is 2. The van der Waals surface area contributed by atoms with Crippen LogP contribution in [0.1, 0.15) is 39.2 Å². The number of rotatable bonds is 6. The molecule has 0 unspecified atom stereocenters. The number of hydrogen-bond acceptors (Lipinski definition) is 3. The molecule has 1 aromatic rings. The zero-order valence-corrected chi connectivity index (χ0v) is 14.2. The molecule has 1 heterocycles. The highest BCUT2D eigenvalue weighted by atomic mass is 16.5. The van der Waals surface area contributed by atoms with Crippen molar-refractivity contribution in [2.24, 2.45) is 0 Å². The Kier molecular flexibility index (Phi) is 6.24. The highest BCUT2D eigenvalue weighted by molar-refractivity contribution is 5.28. The van der Waals surface area contributed by atoms with Gasteiger partial charge in [-0.05, 0) is 37.5 Å². The molecular formula is C18H30NO3+. The quantitative estimate of drug-likeness (QED) is 0.831. The van der Waals surface area contributed by atoms with E-state index in [1.54, 1.807) is 0 Å². The Morgan fingerprint density at radius 2 is 1.77 bits per heavy atom. The van der Waals surface area contributed by atoms with Gasteiger partial charge in [0, 0.05) is 0 Å². The van der Waals surface area contributed by atoms with Crippen LogP contribution in [-0.4, -0.2) is 49.7 Å². The Hall–Kier alpha value is -1.10. The fraction of sp³-hybridized carbons (Fsp3) is 0.667. The van der Waals surface area contributed by atoms with Crippen molar-refractivity contribution in [1.82, 2.24) is 0 Å². The Labute approximate surface area is 134 Å². The lowest BCUT2D eigenvalue weighted by Crippen LogP contribution is -3.16. The summed E-state index contributed by atoms with van der Waals surface area (Å²) >= 11 is 0. The van der Waals surface area contributed by atoms with E-state index in [-0.39, 0.29) is 12.2 Å². The van der Waals surface area contributed by atoms with Crippen LogP contribution in [0.25, 0.3) is 0 Å². The molecular weight excluding hydrogens is 278 g/mol. The van der Waals surface area contributed by atoms with Crippen molar-refractivity contribution >= 4 is 0 Å². The van der Waals surface area contributed by atoms with Crippen LogP contribution in [0, 0.1) is 0 Å². The number of morpholine rings is 1. The second kappa shape index (κ2) is 7.95. The third-order valence-electron chi connectivity index (χ3n) is 4.13. The van der Waals surface area contributed by atoms with Crippen molar-refractivity contribution in [2.75, 3.05) is 26.2 Å². The maximum atomic E-state index is 10.2. The van der Waals surface area contributed by atoms with Crippen LogP contribution in [-0.2, 0) is 4.74 Å². The van der Waals surface area contributed by atoms with Gasteiger partial charge in [-0.3, -0.25) is 0 Å². The Morgan fingerprint density at radius 1 is 1.18 bits per heavy atom. The van der Waals surface area contributed by atoms with Gasteiger partial charge in [0.1, 0.15) is 50.3 Å². The number of aliphatic hydroxyl groups excluding tert-OH is 1. The number of benzene rings is 1. The molecule has 0 amide bonds. The van der Waals surface area contributed by atoms with Gasteiger partial charge < -0.3 is 19.5 Å². The van der Waals surface area contributed by atoms with E-state index in [2.05, 4.69) is 39.8 Å². The molecule has 124 valence electrons. The maximum absolute atomic E-state index is 10.2. The topological polar surface area (TPSA) is 43.1 Å². The van der Waals surface area contributed by atoms with E-state index in [9.17, 15) is 5.11 Å². The van der Waals surface area contributed by atoms with Crippen molar-refractivity contribution in [2.45, 2.75) is 51.9 Å². The van der Waals surface area contributed by atoms with E-state index in [4.69, 9.17) is 9.47 Å². The van der Waals surface area contributed by atoms with Crippen LogP contribution in [0.5, 0.6) is 5.75 Å². The molecule has 1 aromatic carbocycles. The van der Waals surface area contributed by atoms with Gasteiger partial charge in [-0.25, -0.2) is 0 Å². The summed E-state index contributed by atoms with van der Waals surface area (Å²) in [5.74, 6) is 1.34. The zero-order valence-electron chi connectivity index (χ0n) is 14.2. The van der Waals surface area contributed by atoms with E-state index < -0.39 is 6.10 Å². The van der Waals surface area contributed by atoms with Gasteiger partial charge in [0.25, 0.3) is 0 Å². The fourth-order valence-corrected chi connectivity index (χ4v) is 3.09. The van der Waals surface area contributed by atoms with Gasteiger partial charge >= 0.3 is 0 Å². The molecule has 22 heavy (non-hydrogen) atoms. The molecule has 4 nitrogen and oxygen atoms in total. The maximum Gasteiger partial charge on any atom is 0.137 e. The summed E-state index contributed by atoms with van der Waals surface area (Å²) in [7, 11) is 0. The monoisotopic (exact) mass is 308 g/mol. The van der Waals surface area contributed by atoms with Crippen LogP contribution < -0.4 is 9.64 Å². The SMILES string of the molecule is CC(C)c1ccc(OC[C@@H](O)C[NH+]2C[C@H](C)O[C@@H](C)C2)cc1. The van der Waals surface area contributed by atoms with Crippen LogP contribution >= 0.6 is 0 Å². The first-order chi connectivity index (χ1) is 10.4. The average molecular weight is 308 g/mol. The van der Waals surface area contributed by atoms with Crippen molar-refractivity contribution in [3.8, 4) is 5.75 Å². The molecule has 0 radical (unpaired) electrons. The van der Waals surface area contributed by atoms with Gasteiger partial charge in [-0.2, -0.15) is 0 Å². The molecule has 0 spiro atoms. The summed E-state index contributed by atoms with van der Waals surface area (Å²) in [5.41, 5.74) is 1.30. The highest BCUT2D eigenvalue weighted by Gasteiger charge is 2.27. The number of hydrogen-bond donors (Lipinski definition) is 2. The summed E-state index contributed by atoms with van der Waals surface area (Å²) in [5, 5.41) is 10.2. The van der Waals surface area contributed by atoms with Crippen LogP contribution in [0.4, 0.5) is 0 Å². The molecule has 0 saturated carbocycles. The number of aliphatic hydroxyl groups is 1. The van der Waals surface area contributed by atoms with E-state index in [0.717, 1.165) is 18.8 Å². The normalized spacial score (nSPS) is 26.9. The molecule has 2 rings (SSSR count). The largest absolute Gasteiger partial charge is 0.491 e. The van der Waals surface area contributed by atoms with E-state index in [0.29, 0.717) is 19.1 Å². The van der Waals surface area contributed by atoms with Crippen molar-refractivity contribution in [3.05, 3.63) is 29.8 Å². The van der Waals surface area contributed by atoms with Crippen molar-refractivity contribution in [1.29, 1.82) is 0 Å². The summed E-state index contributed by atoms with van der Waals surface area (Å²) < 4.78 is 11.4. The molecule has 0 bridgehead atoms. The molecule has 2 N–H and O–H groups in total. The Morgan fingerprint density at radius 3 is 2.32 bits per heavy atom. The van der Waals surface area contributed by atoms with E-state index in [1.165, 1.54) is 10.5 Å². The average Bonchev–Trinajstić information content (AvgIpc) is 2.44. The van der Waals surface area contributed by atoms with Crippen molar-refractivity contribution < 1.29 is 19.5 Å². The van der Waals surface area contributed by atoms with E-state index >= 15 is 0 Å². The Bertz CT molecular complexity index is 436. The molecule has 1 aliphatic heterocycles. The van der Waals surface area contributed by atoms with Gasteiger partial charge in [-0.1, -0.05) is 26.0 Å². The summed E-state index contributed by atoms with van der Waals surface area (Å²) in [4.78, 5) is 1.39. The summed E-state index contributed by atoms with van der Waals surface area (Å²) in [6.07, 6.45) is 0.0724. The first-order valence-electron chi connectivity index (χ1n) is 8.34. The molecule has 1 fully saturated rings. The number of nitrogens with one attached hydrogen (secondary N) is 1. The van der Waals surface area contributed by atoms with Gasteiger partial charge in [0.05, 0.1) is 0 Å². The zero-order chi connectivity index (χ0) is 16.1. The second-order valence-electron chi connectivity index (χ2n) is 6.81. The van der Waals surface area contributed by atoms with Gasteiger partial charge in [0.15, 0.2) is 0 Å². The third kappa shape index (κ3) is 5.27. The van der Waals surface area contributed by atoms with Gasteiger partial charge in [-0.15, -0.1) is 0 Å². The first kappa shape index (κ1) is 17.3. The molecule has 1 aliphatic rings. The molecule has 0 aromatic heterocycles. The Balaban J connectivity index is 1.76. The minimum absolute atomic E-state index is 0.260. The molecule has 3 atom stereocenters. The smallest absolute Gasteiger partial charge is 0.137 e. The van der Waals surface area contributed by atoms with Crippen molar-refractivity contribution in [3.63, 3.8) is 0 Å². The van der Waals surface area contributed by atoms with Gasteiger partial charge in [0.2, 0.25) is 0 Å². The summed E-state index contributed by atoms with van der Waals surface area (Å²) in [6.45, 7) is 11.5. The predicted molar refractivity (Wildman–Crippen MR) is 87.6 cm³/mol. The predicted octanol–water partition coefficient (Wildman–Crippen LogP) is 1.24. The lowest BCUT2D eigenvalue weighted by Gasteiger charge is -2.33. The highest BCUT2D eigenvalue weighted by Crippen LogP contribution is 2.18. The third-order valence-corrected chi connectivity index (χ3v) is 4.13. The van der Waals surface area contributed by atoms with E-state index in [1.807, 2.05) is 12.1 Å². The standard InChI is InChI=1S/C18H29NO3/c1-13(2)16-5-7-18(8-6-16)21-12-17(20)11-19-9-14(3)22-15(4)10-19/h5-8,13-15,17,20H,9-12H2,1-4H3/p+1/t14-,15-,17-/m0/s1. The molecule has 0 aliphatic carbocycles. The summed E-state index contributed by atoms with van der Waals surface area (Å²) in [6, 6.07) is 8.13. The molecule has 1 saturated heterocycles. The lowest BCUT2D eigenvalue weighted by molar-refractivity contribution is -0.918. The fourth-order valence-electron chi connectivity index (χ4n) is 3.09. The minimum atomic E-state index is -0.447. The minimum Gasteiger partial charge on any atom is -0.491 e. The van der Waals surface area contributed by atoms with Crippen LogP contribution in [0.15, 0.2) is 24.3 Å². The number of quaternary nitrogens is 1. The van der Waals surface area contributed by atoms with Crippen LogP contribution in [0.3, 0.4) is 0 Å². The first-order valence-corrected chi connectivity index (χ1v) is 8.34. The molecule has 4 heteroatoms. The second-order valence-corrected chi connectivity index (χ2v) is 6.81.